The molecule has 1 unspecified atom stereocenters. The number of phosphoric acid groups is 1. The van der Waals surface area contributed by atoms with Crippen LogP contribution < -0.4 is 5.73 Å². The lowest BCUT2D eigenvalue weighted by Gasteiger charge is -2.23. The van der Waals surface area contributed by atoms with Crippen LogP contribution in [0.25, 0.3) is 0 Å². The highest BCUT2D eigenvalue weighted by atomic mass is 31.2. The molecule has 0 bridgehead atoms. The smallest absolute Gasteiger partial charge is 0.396 e. The first-order chi connectivity index (χ1) is 4.77. The van der Waals surface area contributed by atoms with E-state index in [-0.39, 0.29) is 13.0 Å². The predicted molar refractivity (Wildman–Crippen MR) is 37.4 cm³/mol. The van der Waals surface area contributed by atoms with Gasteiger partial charge in [-0.05, 0) is 6.92 Å². The number of aliphatic hydroxyl groups is 1. The van der Waals surface area contributed by atoms with E-state index in [1.807, 2.05) is 0 Å². The van der Waals surface area contributed by atoms with Gasteiger partial charge in [0, 0.05) is 13.0 Å². The van der Waals surface area contributed by atoms with E-state index in [1.165, 1.54) is 6.92 Å². The molecule has 11 heavy (non-hydrogen) atoms. The summed E-state index contributed by atoms with van der Waals surface area (Å²) in [6.07, 6.45) is -0.0297. The van der Waals surface area contributed by atoms with Gasteiger partial charge in [0.05, 0.1) is 0 Å². The van der Waals surface area contributed by atoms with E-state index in [2.05, 4.69) is 4.52 Å². The molecule has 5 N–H and O–H groups in total. The Balaban J connectivity index is 4.02. The maximum atomic E-state index is 10.2. The Kier molecular flexibility index (Phi) is 3.63. The highest BCUT2D eigenvalue weighted by Crippen LogP contribution is 2.40. The summed E-state index contributed by atoms with van der Waals surface area (Å²) in [6.45, 7) is 0.995. The summed E-state index contributed by atoms with van der Waals surface area (Å²) >= 11 is 0. The average Bonchev–Trinajstić information content (AvgIpc) is 1.55. The van der Waals surface area contributed by atoms with E-state index < -0.39 is 13.5 Å². The lowest BCUT2D eigenvalue weighted by Crippen LogP contribution is -2.39. The monoisotopic (exact) mass is 185 g/mol. The largest absolute Gasteiger partial charge is 0.471 e. The molecule has 0 fully saturated rings. The molecule has 0 radical (unpaired) electrons. The van der Waals surface area contributed by atoms with Crippen LogP contribution in [0.15, 0.2) is 0 Å². The van der Waals surface area contributed by atoms with Crippen LogP contribution in [0.5, 0.6) is 0 Å². The van der Waals surface area contributed by atoms with Crippen molar-refractivity contribution in [2.24, 2.45) is 5.73 Å². The fraction of sp³-hybridized carbons (Fsp3) is 1.00. The van der Waals surface area contributed by atoms with E-state index in [9.17, 15) is 4.57 Å². The van der Waals surface area contributed by atoms with Gasteiger partial charge >= 0.3 is 7.82 Å². The van der Waals surface area contributed by atoms with Crippen LogP contribution >= 0.6 is 7.82 Å². The summed E-state index contributed by atoms with van der Waals surface area (Å²) in [4.78, 5) is 16.6. The van der Waals surface area contributed by atoms with Crippen molar-refractivity contribution < 1.29 is 24.0 Å². The fourth-order valence-electron chi connectivity index (χ4n) is 0.539. The number of hydrogen-bond donors (Lipinski definition) is 4. The zero-order valence-electron chi connectivity index (χ0n) is 6.10. The first-order valence-corrected chi connectivity index (χ1v) is 4.46. The van der Waals surface area contributed by atoms with Crippen molar-refractivity contribution in [1.82, 2.24) is 0 Å². The minimum atomic E-state index is -4.55. The van der Waals surface area contributed by atoms with Crippen molar-refractivity contribution in [3.63, 3.8) is 0 Å². The van der Waals surface area contributed by atoms with Gasteiger partial charge < -0.3 is 20.6 Å². The molecule has 7 heteroatoms. The lowest BCUT2D eigenvalue weighted by atomic mass is 10.2. The maximum absolute atomic E-state index is 10.2. The molecule has 6 nitrogen and oxygen atoms in total. The minimum Gasteiger partial charge on any atom is -0.396 e. The second-order valence-electron chi connectivity index (χ2n) is 2.37. The van der Waals surface area contributed by atoms with Gasteiger partial charge in [0.25, 0.3) is 0 Å². The van der Waals surface area contributed by atoms with Crippen LogP contribution in [0, 0.1) is 0 Å². The molecule has 0 aliphatic carbocycles. The number of aliphatic hydroxyl groups excluding tert-OH is 1. The van der Waals surface area contributed by atoms with Crippen LogP contribution in [0.1, 0.15) is 13.3 Å². The van der Waals surface area contributed by atoms with Crippen LogP contribution in [0.3, 0.4) is 0 Å². The van der Waals surface area contributed by atoms with Gasteiger partial charge in [0.15, 0.2) is 0 Å². The summed E-state index contributed by atoms with van der Waals surface area (Å²) in [5.74, 6) is 0. The topological polar surface area (TPSA) is 113 Å². The number of nitrogens with two attached hydrogens (primary N) is 1. The van der Waals surface area contributed by atoms with Gasteiger partial charge in [-0.25, -0.2) is 4.57 Å². The Bertz CT molecular complexity index is 164. The van der Waals surface area contributed by atoms with Gasteiger partial charge in [-0.1, -0.05) is 0 Å². The third-order valence-electron chi connectivity index (χ3n) is 0.936. The molecule has 0 aliphatic heterocycles. The van der Waals surface area contributed by atoms with E-state index in [4.69, 9.17) is 20.6 Å². The number of hydrogen-bond acceptors (Lipinski definition) is 4. The Hall–Kier alpha value is 0.0300. The van der Waals surface area contributed by atoms with E-state index in [1.54, 1.807) is 0 Å². The van der Waals surface area contributed by atoms with Crippen molar-refractivity contribution >= 4 is 7.82 Å². The summed E-state index contributed by atoms with van der Waals surface area (Å²) in [7, 11) is -4.55. The zero-order chi connectivity index (χ0) is 9.12. The second kappa shape index (κ2) is 3.62. The van der Waals surface area contributed by atoms with Gasteiger partial charge in [-0.2, -0.15) is 0 Å². The molecule has 0 spiro atoms. The summed E-state index contributed by atoms with van der Waals surface area (Å²) < 4.78 is 14.4. The molecule has 68 valence electrons. The molecular formula is C4H12NO5P. The van der Waals surface area contributed by atoms with Gasteiger partial charge in [0.1, 0.15) is 5.72 Å². The van der Waals surface area contributed by atoms with Crippen molar-refractivity contribution in [3.8, 4) is 0 Å². The lowest BCUT2D eigenvalue weighted by molar-refractivity contribution is 0.0335. The minimum absolute atomic E-state index is 0.0297. The normalized spacial score (nSPS) is 17.9. The molecule has 1 atom stereocenters. The first kappa shape index (κ1) is 11.0. The summed E-state index contributed by atoms with van der Waals surface area (Å²) in [5, 5.41) is 8.39. The maximum Gasteiger partial charge on any atom is 0.471 e. The van der Waals surface area contributed by atoms with Crippen LogP contribution in [0.4, 0.5) is 0 Å². The fourth-order valence-corrected chi connectivity index (χ4v) is 1.17. The highest BCUT2D eigenvalue weighted by Gasteiger charge is 2.28. The van der Waals surface area contributed by atoms with Gasteiger partial charge in [-0.15, -0.1) is 0 Å². The van der Waals surface area contributed by atoms with E-state index in [0.29, 0.717) is 0 Å². The molecule has 0 saturated carbocycles. The Morgan fingerprint density at radius 3 is 2.36 bits per heavy atom. The molecule has 0 aromatic carbocycles. The van der Waals surface area contributed by atoms with Crippen LogP contribution in [-0.4, -0.2) is 27.2 Å². The van der Waals surface area contributed by atoms with Crippen LogP contribution in [-0.2, 0) is 9.09 Å². The molecule has 0 aromatic rings. The summed E-state index contributed by atoms with van der Waals surface area (Å²) in [5.41, 5.74) is 3.76. The van der Waals surface area contributed by atoms with Gasteiger partial charge in [0.2, 0.25) is 0 Å². The average molecular weight is 185 g/mol. The summed E-state index contributed by atoms with van der Waals surface area (Å²) in [6, 6.07) is 0. The quantitative estimate of drug-likeness (QED) is 0.335. The Labute approximate surface area is 64.2 Å². The standard InChI is InChI=1S/C4H12NO5P/c1-4(5,2-3-6)10-11(7,8)9/h6H,2-3,5H2,1H3,(H2,7,8,9). The second-order valence-corrected chi connectivity index (χ2v) is 3.53. The third kappa shape index (κ3) is 6.43. The number of phosphoric ester groups is 1. The van der Waals surface area contributed by atoms with E-state index >= 15 is 0 Å². The zero-order valence-corrected chi connectivity index (χ0v) is 6.99. The molecule has 0 amide bonds. The van der Waals surface area contributed by atoms with E-state index in [0.717, 1.165) is 0 Å². The molecule has 0 aliphatic rings. The first-order valence-electron chi connectivity index (χ1n) is 2.93. The van der Waals surface area contributed by atoms with Gasteiger partial charge in [-0.3, -0.25) is 4.52 Å². The van der Waals surface area contributed by atoms with Crippen molar-refractivity contribution in [1.29, 1.82) is 0 Å². The predicted octanol–water partition coefficient (Wildman–Crippen LogP) is -0.847. The molecular weight excluding hydrogens is 173 g/mol. The number of rotatable bonds is 4. The Morgan fingerprint density at radius 1 is 1.64 bits per heavy atom. The van der Waals surface area contributed by atoms with Crippen molar-refractivity contribution in [2.45, 2.75) is 19.1 Å². The molecule has 0 saturated heterocycles. The molecule has 0 rings (SSSR count). The molecule has 0 heterocycles. The van der Waals surface area contributed by atoms with Crippen molar-refractivity contribution in [2.75, 3.05) is 6.61 Å². The SMILES string of the molecule is CC(N)(CCO)OP(=O)(O)O. The highest BCUT2D eigenvalue weighted by molar-refractivity contribution is 7.46. The van der Waals surface area contributed by atoms with Crippen molar-refractivity contribution in [3.05, 3.63) is 0 Å². The third-order valence-corrected chi connectivity index (χ3v) is 1.59. The van der Waals surface area contributed by atoms with Crippen LogP contribution in [0.2, 0.25) is 0 Å². The molecule has 0 aromatic heterocycles. The Morgan fingerprint density at radius 2 is 2.09 bits per heavy atom.